The van der Waals surface area contributed by atoms with E-state index in [1.165, 1.54) is 36.3 Å². The van der Waals surface area contributed by atoms with E-state index in [0.717, 1.165) is 6.26 Å². The molecular weight excluding hydrogens is 359 g/mol. The third-order valence-electron chi connectivity index (χ3n) is 3.84. The molecule has 0 heterocycles. The van der Waals surface area contributed by atoms with Gasteiger partial charge in [0.2, 0.25) is 15.9 Å². The van der Waals surface area contributed by atoms with Crippen molar-refractivity contribution in [3.05, 3.63) is 59.9 Å². The number of carbonyl (C=O) groups excluding carboxylic acids is 1. The van der Waals surface area contributed by atoms with Crippen molar-refractivity contribution >= 4 is 21.6 Å². The van der Waals surface area contributed by atoms with E-state index in [2.05, 4.69) is 4.72 Å². The zero-order chi connectivity index (χ0) is 19.3. The Kier molecular flexibility index (Phi) is 6.33. The monoisotopic (exact) mass is 380 g/mol. The molecular formula is C18H21FN2O4S. The van der Waals surface area contributed by atoms with Gasteiger partial charge in [0, 0.05) is 19.2 Å². The van der Waals surface area contributed by atoms with Gasteiger partial charge in [-0.1, -0.05) is 12.1 Å². The van der Waals surface area contributed by atoms with Gasteiger partial charge in [0.1, 0.15) is 11.6 Å². The van der Waals surface area contributed by atoms with Crippen LogP contribution in [-0.2, 0) is 14.8 Å². The molecule has 0 aromatic heterocycles. The normalized spacial score (nSPS) is 12.5. The largest absolute Gasteiger partial charge is 0.497 e. The summed E-state index contributed by atoms with van der Waals surface area (Å²) in [5.74, 6) is -0.0837. The van der Waals surface area contributed by atoms with E-state index in [0.29, 0.717) is 17.0 Å². The van der Waals surface area contributed by atoms with E-state index in [4.69, 9.17) is 4.74 Å². The SMILES string of the molecule is COc1ccc([C@@H](CC(=O)N(C)c2ccc(F)cc2)NS(C)(=O)=O)cc1. The molecule has 1 amide bonds. The molecule has 8 heteroatoms. The number of ether oxygens (including phenoxy) is 1. The summed E-state index contributed by atoms with van der Waals surface area (Å²) in [6.45, 7) is 0. The first-order chi connectivity index (χ1) is 12.2. The van der Waals surface area contributed by atoms with Crippen molar-refractivity contribution in [3.8, 4) is 5.75 Å². The Hall–Kier alpha value is -2.45. The molecule has 0 aliphatic carbocycles. The van der Waals surface area contributed by atoms with Crippen LogP contribution in [0.5, 0.6) is 5.75 Å². The molecule has 0 aliphatic heterocycles. The van der Waals surface area contributed by atoms with Crippen molar-refractivity contribution in [2.45, 2.75) is 12.5 Å². The van der Waals surface area contributed by atoms with Crippen LogP contribution in [-0.4, -0.2) is 34.7 Å². The van der Waals surface area contributed by atoms with E-state index in [9.17, 15) is 17.6 Å². The molecule has 0 bridgehead atoms. The van der Waals surface area contributed by atoms with Crippen LogP contribution in [0.15, 0.2) is 48.5 Å². The summed E-state index contributed by atoms with van der Waals surface area (Å²) in [6, 6.07) is 11.6. The second kappa shape index (κ2) is 8.29. The average molecular weight is 380 g/mol. The number of hydrogen-bond acceptors (Lipinski definition) is 4. The first-order valence-corrected chi connectivity index (χ1v) is 9.72. The van der Waals surface area contributed by atoms with Crippen molar-refractivity contribution in [2.24, 2.45) is 0 Å². The van der Waals surface area contributed by atoms with Crippen LogP contribution >= 0.6 is 0 Å². The number of carbonyl (C=O) groups is 1. The standard InChI is InChI=1S/C18H21FN2O4S/c1-21(15-8-6-14(19)7-9-15)18(22)12-17(20-26(3,23)24)13-4-10-16(25-2)11-5-13/h4-11,17,20H,12H2,1-3H3/t17-/m1/s1. The van der Waals surface area contributed by atoms with Gasteiger partial charge in [-0.3, -0.25) is 4.79 Å². The Labute approximate surface area is 152 Å². The topological polar surface area (TPSA) is 75.7 Å². The van der Waals surface area contributed by atoms with Crippen LogP contribution in [0.1, 0.15) is 18.0 Å². The molecule has 0 radical (unpaired) electrons. The van der Waals surface area contributed by atoms with Crippen LogP contribution in [0, 0.1) is 5.82 Å². The fourth-order valence-electron chi connectivity index (χ4n) is 2.44. The van der Waals surface area contributed by atoms with Crippen LogP contribution in [0.4, 0.5) is 10.1 Å². The molecule has 140 valence electrons. The molecule has 2 aromatic carbocycles. The van der Waals surface area contributed by atoms with Crippen LogP contribution in [0.3, 0.4) is 0 Å². The van der Waals surface area contributed by atoms with Gasteiger partial charge in [-0.05, 0) is 42.0 Å². The van der Waals surface area contributed by atoms with E-state index < -0.39 is 21.9 Å². The average Bonchev–Trinajstić information content (AvgIpc) is 2.60. The van der Waals surface area contributed by atoms with Crippen molar-refractivity contribution in [2.75, 3.05) is 25.3 Å². The molecule has 6 nitrogen and oxygen atoms in total. The number of hydrogen-bond donors (Lipinski definition) is 1. The van der Waals surface area contributed by atoms with Gasteiger partial charge in [0.25, 0.3) is 0 Å². The minimum absolute atomic E-state index is 0.0900. The van der Waals surface area contributed by atoms with Crippen molar-refractivity contribution < 1.29 is 22.3 Å². The number of sulfonamides is 1. The van der Waals surface area contributed by atoms with Gasteiger partial charge in [-0.15, -0.1) is 0 Å². The molecule has 0 saturated carbocycles. The predicted octanol–water partition coefficient (Wildman–Crippen LogP) is 2.48. The number of rotatable bonds is 7. The third-order valence-corrected chi connectivity index (χ3v) is 4.55. The molecule has 1 N–H and O–H groups in total. The van der Waals surface area contributed by atoms with Crippen molar-refractivity contribution in [3.63, 3.8) is 0 Å². The fraction of sp³-hybridized carbons (Fsp3) is 0.278. The van der Waals surface area contributed by atoms with Gasteiger partial charge < -0.3 is 9.64 Å². The first-order valence-electron chi connectivity index (χ1n) is 7.83. The number of amides is 1. The minimum Gasteiger partial charge on any atom is -0.497 e. The molecule has 0 spiro atoms. The van der Waals surface area contributed by atoms with Crippen LogP contribution < -0.4 is 14.4 Å². The zero-order valence-electron chi connectivity index (χ0n) is 14.8. The summed E-state index contributed by atoms with van der Waals surface area (Å²) < 4.78 is 44.0. The van der Waals surface area contributed by atoms with Gasteiger partial charge in [0.05, 0.1) is 19.4 Å². The predicted molar refractivity (Wildman–Crippen MR) is 98.1 cm³/mol. The minimum atomic E-state index is -3.53. The Balaban J connectivity index is 2.21. The van der Waals surface area contributed by atoms with Crippen molar-refractivity contribution in [1.82, 2.24) is 4.72 Å². The lowest BCUT2D eigenvalue weighted by Crippen LogP contribution is -2.34. The van der Waals surface area contributed by atoms with Gasteiger partial charge in [0.15, 0.2) is 0 Å². The van der Waals surface area contributed by atoms with E-state index in [1.807, 2.05) is 0 Å². The summed E-state index contributed by atoms with van der Waals surface area (Å²) in [6.07, 6.45) is 0.949. The third kappa shape index (κ3) is 5.53. The molecule has 0 aliphatic rings. The maximum absolute atomic E-state index is 13.0. The number of nitrogens with zero attached hydrogens (tertiary/aromatic N) is 1. The number of anilines is 1. The molecule has 26 heavy (non-hydrogen) atoms. The number of nitrogens with one attached hydrogen (secondary N) is 1. The Bertz CT molecular complexity index is 852. The fourth-order valence-corrected chi connectivity index (χ4v) is 3.18. The van der Waals surface area contributed by atoms with Gasteiger partial charge in [-0.25, -0.2) is 17.5 Å². The number of benzene rings is 2. The second-order valence-electron chi connectivity index (χ2n) is 5.85. The van der Waals surface area contributed by atoms with Crippen LogP contribution in [0.2, 0.25) is 0 Å². The summed E-state index contributed by atoms with van der Waals surface area (Å²) >= 11 is 0. The highest BCUT2D eigenvalue weighted by Crippen LogP contribution is 2.23. The molecule has 0 unspecified atom stereocenters. The van der Waals surface area contributed by atoms with Gasteiger partial charge >= 0.3 is 0 Å². The summed E-state index contributed by atoms with van der Waals surface area (Å²) in [5, 5.41) is 0. The molecule has 0 saturated heterocycles. The number of halogens is 1. The van der Waals surface area contributed by atoms with E-state index in [-0.39, 0.29) is 12.3 Å². The van der Waals surface area contributed by atoms with E-state index >= 15 is 0 Å². The highest BCUT2D eigenvalue weighted by atomic mass is 32.2. The highest BCUT2D eigenvalue weighted by molar-refractivity contribution is 7.88. The summed E-state index contributed by atoms with van der Waals surface area (Å²) in [4.78, 5) is 14.0. The summed E-state index contributed by atoms with van der Waals surface area (Å²) in [5.41, 5.74) is 1.15. The zero-order valence-corrected chi connectivity index (χ0v) is 15.6. The lowest BCUT2D eigenvalue weighted by atomic mass is 10.0. The lowest BCUT2D eigenvalue weighted by Gasteiger charge is -2.22. The molecule has 0 fully saturated rings. The first kappa shape index (κ1) is 19.9. The number of methoxy groups -OCH3 is 1. The molecule has 2 aromatic rings. The van der Waals surface area contributed by atoms with E-state index in [1.54, 1.807) is 31.3 Å². The van der Waals surface area contributed by atoms with Gasteiger partial charge in [-0.2, -0.15) is 0 Å². The maximum atomic E-state index is 13.0. The Morgan fingerprint density at radius 3 is 2.23 bits per heavy atom. The Morgan fingerprint density at radius 1 is 1.15 bits per heavy atom. The lowest BCUT2D eigenvalue weighted by molar-refractivity contribution is -0.118. The maximum Gasteiger partial charge on any atom is 0.228 e. The molecule has 2 rings (SSSR count). The summed E-state index contributed by atoms with van der Waals surface area (Å²) in [7, 11) is -0.443. The quantitative estimate of drug-likeness (QED) is 0.801. The van der Waals surface area contributed by atoms with Crippen molar-refractivity contribution in [1.29, 1.82) is 0 Å². The smallest absolute Gasteiger partial charge is 0.228 e. The molecule has 1 atom stereocenters. The Morgan fingerprint density at radius 2 is 1.73 bits per heavy atom. The highest BCUT2D eigenvalue weighted by Gasteiger charge is 2.22. The van der Waals surface area contributed by atoms with Crippen LogP contribution in [0.25, 0.3) is 0 Å². The second-order valence-corrected chi connectivity index (χ2v) is 7.63.